The Balaban J connectivity index is 2.55. The van der Waals surface area contributed by atoms with E-state index < -0.39 is 16.0 Å². The first kappa shape index (κ1) is 18.8. The molecular weight excluding hydrogens is 342 g/mol. The third-order valence-corrected chi connectivity index (χ3v) is 5.11. The number of carboxylic acids is 1. The number of hydrogen-bond donors (Lipinski definition) is 2. The number of carboxylic acid groups (broad SMARTS) is 1. The molecule has 6 nitrogen and oxygen atoms in total. The third-order valence-electron chi connectivity index (χ3n) is 3.72. The van der Waals surface area contributed by atoms with Crippen molar-refractivity contribution in [2.75, 3.05) is 11.8 Å². The van der Waals surface area contributed by atoms with Crippen molar-refractivity contribution in [1.29, 1.82) is 0 Å². The molecule has 2 aromatic rings. The second-order valence-corrected chi connectivity index (χ2v) is 8.22. The van der Waals surface area contributed by atoms with E-state index in [1.807, 2.05) is 26.8 Å². The number of hydrogen-bond acceptors (Lipinski definition) is 4. The van der Waals surface area contributed by atoms with Gasteiger partial charge in [0.05, 0.1) is 18.4 Å². The van der Waals surface area contributed by atoms with E-state index in [1.54, 1.807) is 18.2 Å². The van der Waals surface area contributed by atoms with Gasteiger partial charge in [-0.05, 0) is 35.2 Å². The van der Waals surface area contributed by atoms with Gasteiger partial charge >= 0.3 is 5.97 Å². The molecule has 0 radical (unpaired) electrons. The fraction of sp³-hybridized carbons (Fsp3) is 0.278. The predicted octanol–water partition coefficient (Wildman–Crippen LogP) is 3.49. The zero-order chi connectivity index (χ0) is 18.8. The molecule has 0 amide bonds. The lowest BCUT2D eigenvalue weighted by Crippen LogP contribution is -2.18. The summed E-state index contributed by atoms with van der Waals surface area (Å²) in [4.78, 5) is 11.3. The molecule has 0 aliphatic heterocycles. The van der Waals surface area contributed by atoms with Crippen LogP contribution in [0.4, 0.5) is 5.69 Å². The summed E-state index contributed by atoms with van der Waals surface area (Å²) in [5.41, 5.74) is 0.436. The summed E-state index contributed by atoms with van der Waals surface area (Å²) in [6.45, 7) is 5.91. The predicted molar refractivity (Wildman–Crippen MR) is 95.9 cm³/mol. The Morgan fingerprint density at radius 2 is 1.76 bits per heavy atom. The third kappa shape index (κ3) is 4.11. The van der Waals surface area contributed by atoms with Crippen molar-refractivity contribution in [3.05, 3.63) is 53.6 Å². The van der Waals surface area contributed by atoms with Gasteiger partial charge in [0.15, 0.2) is 0 Å². The van der Waals surface area contributed by atoms with Gasteiger partial charge in [-0.1, -0.05) is 39.0 Å². The maximum atomic E-state index is 12.9. The van der Waals surface area contributed by atoms with Gasteiger partial charge < -0.3 is 9.84 Å². The molecule has 0 aliphatic rings. The average molecular weight is 363 g/mol. The highest BCUT2D eigenvalue weighted by Crippen LogP contribution is 2.32. The van der Waals surface area contributed by atoms with Gasteiger partial charge in [-0.3, -0.25) is 4.72 Å². The maximum absolute atomic E-state index is 12.9. The number of nitrogens with one attached hydrogen (secondary N) is 1. The van der Waals surface area contributed by atoms with Crippen LogP contribution in [-0.4, -0.2) is 26.6 Å². The Labute approximate surface area is 147 Å². The average Bonchev–Trinajstić information content (AvgIpc) is 2.53. The molecule has 0 spiro atoms. The summed E-state index contributed by atoms with van der Waals surface area (Å²) in [5, 5.41) is 9.23. The Kier molecular flexibility index (Phi) is 5.08. The van der Waals surface area contributed by atoms with E-state index in [0.717, 1.165) is 5.56 Å². The smallest absolute Gasteiger partial charge is 0.337 e. The van der Waals surface area contributed by atoms with Gasteiger partial charge in [0, 0.05) is 0 Å². The SMILES string of the molecule is COc1ccc(C(C)(C)C)cc1S(=O)(=O)Nc1ccccc1C(=O)O. The van der Waals surface area contributed by atoms with Crippen molar-refractivity contribution in [1.82, 2.24) is 0 Å². The summed E-state index contributed by atoms with van der Waals surface area (Å²) in [7, 11) is -2.65. The van der Waals surface area contributed by atoms with Crippen LogP contribution in [0.2, 0.25) is 0 Å². The van der Waals surface area contributed by atoms with E-state index in [4.69, 9.17) is 4.74 Å². The van der Waals surface area contributed by atoms with Crippen LogP contribution in [0.15, 0.2) is 47.4 Å². The lowest BCUT2D eigenvalue weighted by atomic mass is 9.87. The molecule has 0 aliphatic carbocycles. The fourth-order valence-electron chi connectivity index (χ4n) is 2.31. The fourth-order valence-corrected chi connectivity index (χ4v) is 3.59. The number of sulfonamides is 1. The van der Waals surface area contributed by atoms with Gasteiger partial charge in [0.25, 0.3) is 10.0 Å². The highest BCUT2D eigenvalue weighted by atomic mass is 32.2. The molecule has 25 heavy (non-hydrogen) atoms. The number of rotatable bonds is 5. The summed E-state index contributed by atoms with van der Waals surface area (Å²) >= 11 is 0. The zero-order valence-electron chi connectivity index (χ0n) is 14.5. The van der Waals surface area contributed by atoms with Crippen LogP contribution in [0, 0.1) is 0 Å². The van der Waals surface area contributed by atoms with Crippen molar-refractivity contribution in [2.45, 2.75) is 31.1 Å². The minimum Gasteiger partial charge on any atom is -0.495 e. The van der Waals surface area contributed by atoms with E-state index in [9.17, 15) is 18.3 Å². The van der Waals surface area contributed by atoms with Crippen molar-refractivity contribution < 1.29 is 23.1 Å². The lowest BCUT2D eigenvalue weighted by molar-refractivity contribution is 0.0698. The van der Waals surface area contributed by atoms with Gasteiger partial charge in [-0.25, -0.2) is 13.2 Å². The molecule has 0 bridgehead atoms. The first-order valence-electron chi connectivity index (χ1n) is 7.60. The minimum atomic E-state index is -4.03. The maximum Gasteiger partial charge on any atom is 0.337 e. The van der Waals surface area contributed by atoms with Gasteiger partial charge in [-0.2, -0.15) is 0 Å². The number of ether oxygens (including phenoxy) is 1. The summed E-state index contributed by atoms with van der Waals surface area (Å²) < 4.78 is 33.2. The van der Waals surface area contributed by atoms with Crippen molar-refractivity contribution in [3.63, 3.8) is 0 Å². The van der Waals surface area contributed by atoms with Crippen LogP contribution in [0.3, 0.4) is 0 Å². The molecule has 0 aromatic heterocycles. The Bertz CT molecular complexity index is 898. The summed E-state index contributed by atoms with van der Waals surface area (Å²) in [5.74, 6) is -1.03. The van der Waals surface area contributed by atoms with Crippen LogP contribution in [-0.2, 0) is 15.4 Å². The monoisotopic (exact) mass is 363 g/mol. The second kappa shape index (κ2) is 6.76. The van der Waals surface area contributed by atoms with Gasteiger partial charge in [-0.15, -0.1) is 0 Å². The van der Waals surface area contributed by atoms with E-state index in [1.165, 1.54) is 25.3 Å². The second-order valence-electron chi connectivity index (χ2n) is 6.57. The van der Waals surface area contributed by atoms with Crippen molar-refractivity contribution in [3.8, 4) is 5.75 Å². The summed E-state index contributed by atoms with van der Waals surface area (Å²) in [6.07, 6.45) is 0. The number of para-hydroxylation sites is 1. The number of benzene rings is 2. The first-order valence-corrected chi connectivity index (χ1v) is 9.08. The molecule has 2 aromatic carbocycles. The van der Waals surface area contributed by atoms with Crippen LogP contribution in [0.5, 0.6) is 5.75 Å². The normalized spacial score (nSPS) is 11.8. The standard InChI is InChI=1S/C18H21NO5S/c1-18(2,3)12-9-10-15(24-4)16(11-12)25(22,23)19-14-8-6-5-7-13(14)17(20)21/h5-11,19H,1-4H3,(H,20,21). The molecule has 0 saturated heterocycles. The molecule has 0 heterocycles. The molecule has 134 valence electrons. The topological polar surface area (TPSA) is 92.7 Å². The zero-order valence-corrected chi connectivity index (χ0v) is 15.3. The van der Waals surface area contributed by atoms with Gasteiger partial charge in [0.1, 0.15) is 10.6 Å². The highest BCUT2D eigenvalue weighted by molar-refractivity contribution is 7.92. The van der Waals surface area contributed by atoms with Crippen LogP contribution < -0.4 is 9.46 Å². The Morgan fingerprint density at radius 3 is 2.32 bits per heavy atom. The quantitative estimate of drug-likeness (QED) is 0.848. The molecular formula is C18H21NO5S. The summed E-state index contributed by atoms with van der Waals surface area (Å²) in [6, 6.07) is 10.8. The number of anilines is 1. The van der Waals surface area contributed by atoms with Crippen LogP contribution in [0.1, 0.15) is 36.7 Å². The van der Waals surface area contributed by atoms with E-state index in [2.05, 4.69) is 4.72 Å². The number of aromatic carboxylic acids is 1. The van der Waals surface area contributed by atoms with Crippen molar-refractivity contribution in [2.24, 2.45) is 0 Å². The van der Waals surface area contributed by atoms with Crippen LogP contribution >= 0.6 is 0 Å². The van der Waals surface area contributed by atoms with E-state index >= 15 is 0 Å². The molecule has 2 N–H and O–H groups in total. The largest absolute Gasteiger partial charge is 0.495 e. The Morgan fingerprint density at radius 1 is 1.12 bits per heavy atom. The molecule has 0 fully saturated rings. The molecule has 7 heteroatoms. The lowest BCUT2D eigenvalue weighted by Gasteiger charge is -2.21. The minimum absolute atomic E-state index is 0.00165. The van der Waals surface area contributed by atoms with Gasteiger partial charge in [0.2, 0.25) is 0 Å². The van der Waals surface area contributed by atoms with E-state index in [-0.39, 0.29) is 27.3 Å². The van der Waals surface area contributed by atoms with Crippen LogP contribution in [0.25, 0.3) is 0 Å². The molecule has 0 atom stereocenters. The molecule has 2 rings (SSSR count). The number of carbonyl (C=O) groups is 1. The first-order chi connectivity index (χ1) is 11.6. The Hall–Kier alpha value is -2.54. The van der Waals surface area contributed by atoms with Crippen molar-refractivity contribution >= 4 is 21.7 Å². The molecule has 0 saturated carbocycles. The highest BCUT2D eigenvalue weighted by Gasteiger charge is 2.25. The molecule has 0 unspecified atom stereocenters. The number of methoxy groups -OCH3 is 1. The van der Waals surface area contributed by atoms with E-state index in [0.29, 0.717) is 0 Å².